The summed E-state index contributed by atoms with van der Waals surface area (Å²) in [6, 6.07) is 17.2. The predicted molar refractivity (Wildman–Crippen MR) is 109 cm³/mol. The molecule has 1 aliphatic heterocycles. The van der Waals surface area contributed by atoms with Gasteiger partial charge in [0.1, 0.15) is 16.8 Å². The van der Waals surface area contributed by atoms with Crippen LogP contribution in [0.3, 0.4) is 0 Å². The van der Waals surface area contributed by atoms with Crippen LogP contribution in [-0.4, -0.2) is 22.9 Å². The third-order valence-electron chi connectivity index (χ3n) is 4.70. The van der Waals surface area contributed by atoms with Crippen LogP contribution in [0.2, 0.25) is 0 Å². The lowest BCUT2D eigenvalue weighted by atomic mass is 10.0. The van der Waals surface area contributed by atoms with Crippen molar-refractivity contribution in [3.63, 3.8) is 0 Å². The van der Waals surface area contributed by atoms with Gasteiger partial charge in [0.2, 0.25) is 5.91 Å². The Morgan fingerprint density at radius 2 is 1.82 bits per heavy atom. The Morgan fingerprint density at radius 1 is 1.11 bits per heavy atom. The molecule has 3 aromatic rings. The SMILES string of the molecule is COc1ccc([C@H]2Nn3c(C)ccc3S[C@H]2C(=O)Nc2ccc(F)cc2)cc1. The fraction of sp³-hybridized carbons (Fsp3) is 0.190. The Kier molecular flexibility index (Phi) is 5.00. The second kappa shape index (κ2) is 7.59. The number of rotatable bonds is 4. The molecule has 0 spiro atoms. The van der Waals surface area contributed by atoms with Crippen molar-refractivity contribution >= 4 is 23.4 Å². The third kappa shape index (κ3) is 3.57. The Balaban J connectivity index is 1.64. The van der Waals surface area contributed by atoms with Crippen LogP contribution in [0.15, 0.2) is 65.7 Å². The number of aromatic nitrogens is 1. The van der Waals surface area contributed by atoms with Crippen LogP contribution in [0.4, 0.5) is 10.1 Å². The molecule has 0 unspecified atom stereocenters. The average molecular weight is 397 g/mol. The number of thioether (sulfide) groups is 1. The highest BCUT2D eigenvalue weighted by Crippen LogP contribution is 2.39. The Bertz CT molecular complexity index is 986. The van der Waals surface area contributed by atoms with Gasteiger partial charge < -0.3 is 15.5 Å². The van der Waals surface area contributed by atoms with Gasteiger partial charge in [-0.2, -0.15) is 0 Å². The Labute approximate surface area is 166 Å². The Hall–Kier alpha value is -2.93. The largest absolute Gasteiger partial charge is 0.497 e. The molecule has 7 heteroatoms. The molecule has 2 atom stereocenters. The fourth-order valence-electron chi connectivity index (χ4n) is 3.19. The van der Waals surface area contributed by atoms with Gasteiger partial charge in [0.25, 0.3) is 0 Å². The maximum atomic E-state index is 13.2. The molecule has 2 aromatic carbocycles. The molecule has 2 heterocycles. The molecule has 0 bridgehead atoms. The van der Waals surface area contributed by atoms with E-state index in [9.17, 15) is 9.18 Å². The van der Waals surface area contributed by atoms with Crippen molar-refractivity contribution in [2.75, 3.05) is 17.9 Å². The summed E-state index contributed by atoms with van der Waals surface area (Å²) in [7, 11) is 1.62. The number of anilines is 1. The number of fused-ring (bicyclic) bond motifs is 1. The zero-order valence-corrected chi connectivity index (χ0v) is 16.3. The Morgan fingerprint density at radius 3 is 2.50 bits per heavy atom. The zero-order valence-electron chi connectivity index (χ0n) is 15.5. The van der Waals surface area contributed by atoms with Crippen LogP contribution >= 0.6 is 11.8 Å². The number of hydrogen-bond donors (Lipinski definition) is 2. The van der Waals surface area contributed by atoms with Crippen molar-refractivity contribution in [1.29, 1.82) is 0 Å². The van der Waals surface area contributed by atoms with Gasteiger partial charge in [-0.3, -0.25) is 9.47 Å². The van der Waals surface area contributed by atoms with Gasteiger partial charge in [0.05, 0.1) is 18.2 Å². The first-order chi connectivity index (χ1) is 13.5. The number of methoxy groups -OCH3 is 1. The van der Waals surface area contributed by atoms with Crippen LogP contribution in [0.5, 0.6) is 5.75 Å². The maximum Gasteiger partial charge on any atom is 0.240 e. The minimum Gasteiger partial charge on any atom is -0.497 e. The van der Waals surface area contributed by atoms with Gasteiger partial charge in [-0.05, 0) is 61.0 Å². The standard InChI is InChI=1S/C21H20FN3O2S/c1-13-3-12-18-25(13)24-19(14-4-10-17(27-2)11-5-14)20(28-18)21(26)23-16-8-6-15(22)7-9-16/h3-12,19-20,24H,1-2H3,(H,23,26)/t19-,20-/m1/s1. The van der Waals surface area contributed by atoms with Crippen molar-refractivity contribution < 1.29 is 13.9 Å². The van der Waals surface area contributed by atoms with E-state index >= 15 is 0 Å². The summed E-state index contributed by atoms with van der Waals surface area (Å²) >= 11 is 1.50. The first kappa shape index (κ1) is 18.4. The molecule has 5 nitrogen and oxygen atoms in total. The molecular formula is C21H20FN3O2S. The van der Waals surface area contributed by atoms with E-state index in [1.807, 2.05) is 48.0 Å². The lowest BCUT2D eigenvalue weighted by molar-refractivity contribution is -0.116. The van der Waals surface area contributed by atoms with E-state index in [1.165, 1.54) is 23.9 Å². The van der Waals surface area contributed by atoms with Gasteiger partial charge in [0, 0.05) is 11.4 Å². The van der Waals surface area contributed by atoms with Crippen molar-refractivity contribution in [3.8, 4) is 5.75 Å². The minimum absolute atomic E-state index is 0.143. The lowest BCUT2D eigenvalue weighted by Gasteiger charge is -2.34. The monoisotopic (exact) mass is 397 g/mol. The molecule has 1 aromatic heterocycles. The molecule has 4 rings (SSSR count). The molecule has 0 saturated heterocycles. The molecule has 0 saturated carbocycles. The highest BCUT2D eigenvalue weighted by Gasteiger charge is 2.36. The highest BCUT2D eigenvalue weighted by molar-refractivity contribution is 8.00. The highest BCUT2D eigenvalue weighted by atomic mass is 32.2. The van der Waals surface area contributed by atoms with Gasteiger partial charge >= 0.3 is 0 Å². The quantitative estimate of drug-likeness (QED) is 0.688. The first-order valence-electron chi connectivity index (χ1n) is 8.87. The molecule has 0 aliphatic carbocycles. The minimum atomic E-state index is -0.403. The predicted octanol–water partition coefficient (Wildman–Crippen LogP) is 4.34. The molecule has 0 fully saturated rings. The van der Waals surface area contributed by atoms with Gasteiger partial charge in [-0.15, -0.1) is 0 Å². The van der Waals surface area contributed by atoms with E-state index in [1.54, 1.807) is 19.2 Å². The summed E-state index contributed by atoms with van der Waals surface area (Å²) in [6.07, 6.45) is 0. The van der Waals surface area contributed by atoms with Crippen molar-refractivity contribution in [3.05, 3.63) is 77.7 Å². The second-order valence-corrected chi connectivity index (χ2v) is 7.72. The average Bonchev–Trinajstić information content (AvgIpc) is 3.09. The first-order valence-corrected chi connectivity index (χ1v) is 9.75. The fourth-order valence-corrected chi connectivity index (χ4v) is 4.42. The van der Waals surface area contributed by atoms with Gasteiger partial charge in [-0.25, -0.2) is 4.39 Å². The van der Waals surface area contributed by atoms with E-state index in [4.69, 9.17) is 4.74 Å². The van der Waals surface area contributed by atoms with Crippen LogP contribution < -0.4 is 15.5 Å². The topological polar surface area (TPSA) is 55.3 Å². The van der Waals surface area contributed by atoms with E-state index in [0.29, 0.717) is 5.69 Å². The van der Waals surface area contributed by atoms with Crippen LogP contribution in [0.25, 0.3) is 0 Å². The molecule has 2 N–H and O–H groups in total. The summed E-state index contributed by atoms with van der Waals surface area (Å²) in [5.41, 5.74) is 6.07. The number of halogens is 1. The van der Waals surface area contributed by atoms with Gasteiger partial charge in [0.15, 0.2) is 0 Å². The van der Waals surface area contributed by atoms with Gasteiger partial charge in [-0.1, -0.05) is 23.9 Å². The number of amides is 1. The second-order valence-electron chi connectivity index (χ2n) is 6.56. The third-order valence-corrected chi connectivity index (χ3v) is 6.00. The molecule has 144 valence electrons. The molecule has 1 amide bonds. The van der Waals surface area contributed by atoms with E-state index in [-0.39, 0.29) is 17.8 Å². The maximum absolute atomic E-state index is 13.2. The number of carbonyl (C=O) groups excluding carboxylic acids is 1. The zero-order chi connectivity index (χ0) is 19.7. The summed E-state index contributed by atoms with van der Waals surface area (Å²) in [5, 5.41) is 3.47. The summed E-state index contributed by atoms with van der Waals surface area (Å²) in [5.74, 6) is 0.281. The molecule has 28 heavy (non-hydrogen) atoms. The summed E-state index contributed by atoms with van der Waals surface area (Å²) < 4.78 is 20.4. The van der Waals surface area contributed by atoms with E-state index in [0.717, 1.165) is 22.0 Å². The van der Waals surface area contributed by atoms with Crippen LogP contribution in [-0.2, 0) is 4.79 Å². The van der Waals surface area contributed by atoms with E-state index < -0.39 is 5.25 Å². The van der Waals surface area contributed by atoms with E-state index in [2.05, 4.69) is 10.7 Å². The van der Waals surface area contributed by atoms with Crippen molar-refractivity contribution in [2.45, 2.75) is 23.2 Å². The van der Waals surface area contributed by atoms with Crippen LogP contribution in [0.1, 0.15) is 17.3 Å². The van der Waals surface area contributed by atoms with Crippen molar-refractivity contribution in [2.24, 2.45) is 0 Å². The lowest BCUT2D eigenvalue weighted by Crippen LogP contribution is -2.41. The molecule has 0 radical (unpaired) electrons. The number of benzene rings is 2. The number of nitrogens with one attached hydrogen (secondary N) is 2. The normalized spacial score (nSPS) is 18.1. The smallest absolute Gasteiger partial charge is 0.240 e. The molecular weight excluding hydrogens is 377 g/mol. The number of aryl methyl sites for hydroxylation is 1. The van der Waals surface area contributed by atoms with Crippen molar-refractivity contribution in [1.82, 2.24) is 4.68 Å². The summed E-state index contributed by atoms with van der Waals surface area (Å²) in [6.45, 7) is 2.01. The summed E-state index contributed by atoms with van der Waals surface area (Å²) in [4.78, 5) is 13.1. The molecule has 1 aliphatic rings. The number of nitrogens with zero attached hydrogens (tertiary/aromatic N) is 1. The number of carbonyl (C=O) groups is 1. The number of ether oxygens (including phenoxy) is 1. The number of hydrogen-bond acceptors (Lipinski definition) is 4. The van der Waals surface area contributed by atoms with Crippen LogP contribution in [0, 0.1) is 12.7 Å².